The lowest BCUT2D eigenvalue weighted by molar-refractivity contribution is -0.155. The maximum Gasteiger partial charge on any atom is 0.340 e. The Balaban J connectivity index is 1.74. The van der Waals surface area contributed by atoms with Crippen LogP contribution in [0.15, 0.2) is 42.5 Å². The Labute approximate surface area is 163 Å². The third-order valence-electron chi connectivity index (χ3n) is 4.91. The number of benzene rings is 2. The Bertz CT molecular complexity index is 925. The van der Waals surface area contributed by atoms with E-state index < -0.39 is 30.5 Å². The van der Waals surface area contributed by atoms with Crippen LogP contribution < -0.4 is 5.73 Å². The summed E-state index contributed by atoms with van der Waals surface area (Å²) in [6, 6.07) is 11.9. The molecule has 0 aliphatic carbocycles. The zero-order valence-corrected chi connectivity index (χ0v) is 15.8. The molecular weight excluding hydrogens is 360 g/mol. The predicted molar refractivity (Wildman–Crippen MR) is 102 cm³/mol. The Kier molecular flexibility index (Phi) is 5.63. The molecule has 1 aliphatic rings. The van der Waals surface area contributed by atoms with Crippen molar-refractivity contribution in [1.29, 1.82) is 0 Å². The van der Waals surface area contributed by atoms with Crippen molar-refractivity contribution in [3.63, 3.8) is 0 Å². The predicted octanol–water partition coefficient (Wildman–Crippen LogP) is 1.86. The second-order valence-electron chi connectivity index (χ2n) is 6.65. The van der Waals surface area contributed by atoms with E-state index in [1.807, 2.05) is 24.3 Å². The molecule has 3 rings (SSSR count). The van der Waals surface area contributed by atoms with E-state index in [0.717, 1.165) is 16.7 Å². The van der Waals surface area contributed by atoms with Crippen LogP contribution in [0.3, 0.4) is 0 Å². The first kappa shape index (κ1) is 19.4. The molecule has 2 aromatic carbocycles. The Morgan fingerprint density at radius 3 is 2.54 bits per heavy atom. The first-order chi connectivity index (χ1) is 13.4. The smallest absolute Gasteiger partial charge is 0.340 e. The number of ether oxygens (including phenoxy) is 2. The summed E-state index contributed by atoms with van der Waals surface area (Å²) in [6.45, 7) is 1.55. The number of carbonyl (C=O) groups is 3. The average Bonchev–Trinajstić information content (AvgIpc) is 2.72. The minimum absolute atomic E-state index is 0.210. The van der Waals surface area contributed by atoms with E-state index in [1.54, 1.807) is 25.1 Å². The van der Waals surface area contributed by atoms with Gasteiger partial charge in [0.2, 0.25) is 0 Å². The Hall–Kier alpha value is -3.35. The number of nitrogen functional groups attached to an aromatic ring is 1. The van der Waals surface area contributed by atoms with Crippen molar-refractivity contribution in [1.82, 2.24) is 4.90 Å². The highest BCUT2D eigenvalue weighted by molar-refractivity contribution is 5.97. The lowest BCUT2D eigenvalue weighted by atomic mass is 9.94. The van der Waals surface area contributed by atoms with Crippen molar-refractivity contribution in [3.8, 4) is 0 Å². The minimum atomic E-state index is -0.754. The molecule has 1 atom stereocenters. The fourth-order valence-electron chi connectivity index (χ4n) is 3.28. The van der Waals surface area contributed by atoms with Crippen LogP contribution in [0, 0.1) is 6.92 Å². The zero-order valence-electron chi connectivity index (χ0n) is 15.8. The van der Waals surface area contributed by atoms with Crippen LogP contribution in [-0.4, -0.2) is 42.5 Å². The Morgan fingerprint density at radius 1 is 1.11 bits per heavy atom. The number of hydrogen-bond acceptors (Lipinski definition) is 6. The minimum Gasteiger partial charge on any atom is -0.467 e. The normalized spacial score (nSPS) is 15.5. The lowest BCUT2D eigenvalue weighted by Crippen LogP contribution is -2.50. The van der Waals surface area contributed by atoms with E-state index in [2.05, 4.69) is 0 Å². The van der Waals surface area contributed by atoms with Gasteiger partial charge in [-0.2, -0.15) is 0 Å². The third kappa shape index (κ3) is 3.83. The van der Waals surface area contributed by atoms with Crippen molar-refractivity contribution in [2.24, 2.45) is 0 Å². The van der Waals surface area contributed by atoms with Crippen LogP contribution >= 0.6 is 0 Å². The number of methoxy groups -OCH3 is 1. The summed E-state index contributed by atoms with van der Waals surface area (Å²) >= 11 is 0. The van der Waals surface area contributed by atoms with E-state index in [1.165, 1.54) is 12.0 Å². The van der Waals surface area contributed by atoms with Crippen molar-refractivity contribution < 1.29 is 23.9 Å². The molecule has 0 saturated heterocycles. The number of esters is 2. The second kappa shape index (κ2) is 8.12. The molecule has 0 bridgehead atoms. The molecule has 2 aromatic rings. The summed E-state index contributed by atoms with van der Waals surface area (Å²) in [4.78, 5) is 38.6. The largest absolute Gasteiger partial charge is 0.467 e. The molecule has 1 aliphatic heterocycles. The first-order valence-corrected chi connectivity index (χ1v) is 8.88. The van der Waals surface area contributed by atoms with Gasteiger partial charge in [0.25, 0.3) is 5.91 Å². The highest BCUT2D eigenvalue weighted by atomic mass is 16.5. The molecule has 2 N–H and O–H groups in total. The molecule has 0 radical (unpaired) electrons. The summed E-state index contributed by atoms with van der Waals surface area (Å²) in [6.07, 6.45) is 0.355. The molecule has 146 valence electrons. The molecule has 7 nitrogen and oxygen atoms in total. The van der Waals surface area contributed by atoms with Crippen molar-refractivity contribution in [2.75, 3.05) is 19.5 Å². The SMILES string of the molecule is COC(=O)[C@@H]1Cc2ccccc2CN1C(=O)COC(=O)c1cccc(C)c1N. The number of hydrogen-bond donors (Lipinski definition) is 1. The third-order valence-corrected chi connectivity index (χ3v) is 4.91. The summed E-state index contributed by atoms with van der Waals surface area (Å²) in [5.41, 5.74) is 9.13. The van der Waals surface area contributed by atoms with Crippen LogP contribution in [0.5, 0.6) is 0 Å². The number of aryl methyl sites for hydroxylation is 1. The summed E-state index contributed by atoms with van der Waals surface area (Å²) in [5.74, 6) is -1.65. The summed E-state index contributed by atoms with van der Waals surface area (Å²) in [7, 11) is 1.28. The van der Waals surface area contributed by atoms with Crippen LogP contribution in [-0.2, 0) is 32.0 Å². The van der Waals surface area contributed by atoms with E-state index in [-0.39, 0.29) is 12.1 Å². The monoisotopic (exact) mass is 382 g/mol. The van der Waals surface area contributed by atoms with Crippen molar-refractivity contribution >= 4 is 23.5 Å². The van der Waals surface area contributed by atoms with Crippen LogP contribution in [0.4, 0.5) is 5.69 Å². The fourth-order valence-corrected chi connectivity index (χ4v) is 3.28. The van der Waals surface area contributed by atoms with E-state index in [4.69, 9.17) is 15.2 Å². The molecule has 0 aromatic heterocycles. The molecule has 0 saturated carbocycles. The standard InChI is InChI=1S/C21H22N2O5/c1-13-6-5-9-16(19(13)22)20(25)28-12-18(24)23-11-15-8-4-3-7-14(15)10-17(23)21(26)27-2/h3-9,17H,10-12,22H2,1-2H3/t17-/m0/s1. The van der Waals surface area contributed by atoms with Gasteiger partial charge in [-0.3, -0.25) is 4.79 Å². The van der Waals surface area contributed by atoms with Crippen molar-refractivity contribution in [3.05, 3.63) is 64.7 Å². The molecule has 28 heavy (non-hydrogen) atoms. The molecule has 1 heterocycles. The van der Waals surface area contributed by atoms with Gasteiger partial charge in [0.05, 0.1) is 12.7 Å². The lowest BCUT2D eigenvalue weighted by Gasteiger charge is -2.35. The fraction of sp³-hybridized carbons (Fsp3) is 0.286. The average molecular weight is 382 g/mol. The molecular formula is C21H22N2O5. The summed E-state index contributed by atoms with van der Waals surface area (Å²) < 4.78 is 10.0. The van der Waals surface area contributed by atoms with Gasteiger partial charge in [-0.05, 0) is 29.7 Å². The van der Waals surface area contributed by atoms with Gasteiger partial charge in [-0.15, -0.1) is 0 Å². The number of rotatable bonds is 4. The number of fused-ring (bicyclic) bond motifs is 1. The molecule has 0 fully saturated rings. The number of amides is 1. The van der Waals surface area contributed by atoms with Gasteiger partial charge in [0.1, 0.15) is 6.04 Å². The van der Waals surface area contributed by atoms with Crippen LogP contribution in [0.2, 0.25) is 0 Å². The molecule has 0 unspecified atom stereocenters. The molecule has 0 spiro atoms. The van der Waals surface area contributed by atoms with E-state index in [0.29, 0.717) is 12.1 Å². The zero-order chi connectivity index (χ0) is 20.3. The Morgan fingerprint density at radius 2 is 1.82 bits per heavy atom. The number of anilines is 1. The maximum absolute atomic E-state index is 12.7. The molecule has 1 amide bonds. The first-order valence-electron chi connectivity index (χ1n) is 8.88. The van der Waals surface area contributed by atoms with E-state index in [9.17, 15) is 14.4 Å². The number of nitrogens with zero attached hydrogens (tertiary/aromatic N) is 1. The number of nitrogens with two attached hydrogens (primary N) is 1. The van der Waals surface area contributed by atoms with Crippen molar-refractivity contribution in [2.45, 2.75) is 25.9 Å². The van der Waals surface area contributed by atoms with Gasteiger partial charge in [-0.1, -0.05) is 36.4 Å². The van der Waals surface area contributed by atoms with Gasteiger partial charge >= 0.3 is 11.9 Å². The van der Waals surface area contributed by atoms with Gasteiger partial charge in [0, 0.05) is 18.7 Å². The second-order valence-corrected chi connectivity index (χ2v) is 6.65. The van der Waals surface area contributed by atoms with Crippen LogP contribution in [0.1, 0.15) is 27.0 Å². The summed E-state index contributed by atoms with van der Waals surface area (Å²) in [5, 5.41) is 0. The van der Waals surface area contributed by atoms with Gasteiger partial charge in [0.15, 0.2) is 6.61 Å². The number of carbonyl (C=O) groups excluding carboxylic acids is 3. The van der Waals surface area contributed by atoms with Crippen LogP contribution in [0.25, 0.3) is 0 Å². The highest BCUT2D eigenvalue weighted by Gasteiger charge is 2.35. The quantitative estimate of drug-likeness (QED) is 0.640. The molecule has 7 heteroatoms. The highest BCUT2D eigenvalue weighted by Crippen LogP contribution is 2.24. The topological polar surface area (TPSA) is 98.9 Å². The van der Waals surface area contributed by atoms with Gasteiger partial charge in [-0.25, -0.2) is 9.59 Å². The number of para-hydroxylation sites is 1. The van der Waals surface area contributed by atoms with Gasteiger partial charge < -0.3 is 20.1 Å². The maximum atomic E-state index is 12.7. The van der Waals surface area contributed by atoms with E-state index >= 15 is 0 Å².